The van der Waals surface area contributed by atoms with Crippen LogP contribution < -0.4 is 0 Å². The van der Waals surface area contributed by atoms with Gasteiger partial charge in [0.15, 0.2) is 5.78 Å². The Morgan fingerprint density at radius 1 is 1.50 bits per heavy atom. The molecule has 0 saturated carbocycles. The molecule has 0 aliphatic carbocycles. The Hall–Kier alpha value is -0.230. The van der Waals surface area contributed by atoms with Crippen molar-refractivity contribution in [3.63, 3.8) is 0 Å². The van der Waals surface area contributed by atoms with Gasteiger partial charge in [0.25, 0.3) is 0 Å². The number of Topliss-reactive ketones (excluding diaryl/α,β-unsaturated/α-hetero) is 1. The Morgan fingerprint density at radius 3 is 2.94 bits per heavy atom. The van der Waals surface area contributed by atoms with E-state index in [1.165, 1.54) is 0 Å². The Morgan fingerprint density at radius 2 is 2.28 bits per heavy atom. The average Bonchev–Trinajstić information content (AvgIpc) is 2.62. The fourth-order valence-corrected chi connectivity index (χ4v) is 3.82. The van der Waals surface area contributed by atoms with E-state index in [2.05, 4.69) is 39.8 Å². The molecule has 5 heteroatoms. The smallest absolute Gasteiger partial charge is 0.156 e. The first-order valence-electron chi connectivity index (χ1n) is 6.20. The molecule has 1 fully saturated rings. The lowest BCUT2D eigenvalue weighted by molar-refractivity contribution is -0.123. The average molecular weight is 331 g/mol. The zero-order chi connectivity index (χ0) is 13.1. The summed E-state index contributed by atoms with van der Waals surface area (Å²) >= 11 is 5.08. The third-order valence-corrected chi connectivity index (χ3v) is 5.11. The number of halogens is 1. The van der Waals surface area contributed by atoms with E-state index in [0.717, 1.165) is 35.4 Å². The van der Waals surface area contributed by atoms with Crippen LogP contribution in [0.5, 0.6) is 0 Å². The maximum atomic E-state index is 12.4. The van der Waals surface area contributed by atoms with Crippen molar-refractivity contribution in [2.24, 2.45) is 0 Å². The summed E-state index contributed by atoms with van der Waals surface area (Å²) < 4.78 is 1.07. The number of hydrogen-bond acceptors (Lipinski definition) is 4. The summed E-state index contributed by atoms with van der Waals surface area (Å²) in [5, 5.41) is 2.03. The first-order chi connectivity index (χ1) is 8.56. The van der Waals surface area contributed by atoms with Gasteiger partial charge in [-0.2, -0.15) is 0 Å². The number of thiophene rings is 1. The van der Waals surface area contributed by atoms with Crippen LogP contribution in [-0.2, 0) is 11.2 Å². The Kier molecular flexibility index (Phi) is 4.95. The van der Waals surface area contributed by atoms with Crippen molar-refractivity contribution in [1.29, 1.82) is 0 Å². The van der Waals surface area contributed by atoms with Crippen molar-refractivity contribution in [2.45, 2.75) is 18.9 Å². The fourth-order valence-electron chi connectivity index (χ4n) is 2.36. The van der Waals surface area contributed by atoms with Gasteiger partial charge in [-0.25, -0.2) is 0 Å². The van der Waals surface area contributed by atoms with Crippen LogP contribution in [0.25, 0.3) is 0 Å². The second-order valence-electron chi connectivity index (χ2n) is 4.99. The summed E-state index contributed by atoms with van der Waals surface area (Å²) in [6, 6.07) is 2.08. The Bertz CT molecular complexity index is 421. The molecular formula is C13H19BrN2OS. The van der Waals surface area contributed by atoms with E-state index in [9.17, 15) is 4.79 Å². The lowest BCUT2D eigenvalue weighted by Crippen LogP contribution is -2.44. The molecule has 100 valence electrons. The summed E-state index contributed by atoms with van der Waals surface area (Å²) in [6.45, 7) is 2.94. The summed E-state index contributed by atoms with van der Waals surface area (Å²) in [5.74, 6) is 0.334. The van der Waals surface area contributed by atoms with Crippen LogP contribution in [0.3, 0.4) is 0 Å². The summed E-state index contributed by atoms with van der Waals surface area (Å²) in [6.07, 6.45) is 1.69. The monoisotopic (exact) mass is 330 g/mol. The first-order valence-corrected chi connectivity index (χ1v) is 7.88. The largest absolute Gasteiger partial charge is 0.304 e. The second kappa shape index (κ2) is 6.28. The molecule has 2 rings (SSSR count). The molecule has 3 nitrogen and oxygen atoms in total. The van der Waals surface area contributed by atoms with Crippen LogP contribution in [-0.4, -0.2) is 55.4 Å². The van der Waals surface area contributed by atoms with Gasteiger partial charge in [-0.3, -0.25) is 9.69 Å². The van der Waals surface area contributed by atoms with E-state index in [4.69, 9.17) is 0 Å². The SMILES string of the molecule is CN1CCCN(C)C(C(=O)Cc2cc(Br)cs2)C1. The minimum Gasteiger partial charge on any atom is -0.304 e. The molecule has 0 radical (unpaired) electrons. The van der Waals surface area contributed by atoms with Crippen LogP contribution >= 0.6 is 27.3 Å². The molecule has 0 amide bonds. The molecule has 1 aliphatic rings. The van der Waals surface area contributed by atoms with Crippen molar-refractivity contribution in [3.8, 4) is 0 Å². The molecule has 0 bridgehead atoms. The number of likely N-dealkylation sites (N-methyl/N-ethyl adjacent to an activating group) is 2. The van der Waals surface area contributed by atoms with Crippen LogP contribution in [0.1, 0.15) is 11.3 Å². The quantitative estimate of drug-likeness (QED) is 0.849. The fraction of sp³-hybridized carbons (Fsp3) is 0.615. The number of carbonyl (C=O) groups excluding carboxylic acids is 1. The molecule has 1 aliphatic heterocycles. The molecular weight excluding hydrogens is 312 g/mol. The third-order valence-electron chi connectivity index (χ3n) is 3.41. The zero-order valence-electron chi connectivity index (χ0n) is 10.9. The standard InChI is InChI=1S/C13H19BrN2OS/c1-15-4-3-5-16(2)12(8-15)13(17)7-11-6-10(14)9-18-11/h6,9,12H,3-5,7-8H2,1-2H3. The maximum Gasteiger partial charge on any atom is 0.156 e. The minimum absolute atomic E-state index is 0.0402. The molecule has 1 saturated heterocycles. The van der Waals surface area contributed by atoms with Gasteiger partial charge in [0, 0.05) is 27.7 Å². The van der Waals surface area contributed by atoms with Crippen LogP contribution in [0.4, 0.5) is 0 Å². The van der Waals surface area contributed by atoms with Crippen molar-refractivity contribution >= 4 is 33.0 Å². The summed E-state index contributed by atoms with van der Waals surface area (Å²) in [5.41, 5.74) is 0. The number of carbonyl (C=O) groups is 1. The van der Waals surface area contributed by atoms with E-state index in [0.29, 0.717) is 12.2 Å². The van der Waals surface area contributed by atoms with Gasteiger partial charge in [-0.1, -0.05) is 0 Å². The number of ketones is 1. The van der Waals surface area contributed by atoms with Crippen molar-refractivity contribution < 1.29 is 4.79 Å². The van der Waals surface area contributed by atoms with Crippen LogP contribution in [0.15, 0.2) is 15.9 Å². The molecule has 0 spiro atoms. The summed E-state index contributed by atoms with van der Waals surface area (Å²) in [7, 11) is 4.16. The minimum atomic E-state index is 0.0402. The highest BCUT2D eigenvalue weighted by molar-refractivity contribution is 9.10. The van der Waals surface area contributed by atoms with Gasteiger partial charge >= 0.3 is 0 Å². The maximum absolute atomic E-state index is 12.4. The molecule has 2 heterocycles. The Labute approximate surface area is 121 Å². The normalized spacial score (nSPS) is 22.9. The zero-order valence-corrected chi connectivity index (χ0v) is 13.3. The molecule has 0 aromatic carbocycles. The first kappa shape index (κ1) is 14.2. The molecule has 1 unspecified atom stereocenters. The number of hydrogen-bond donors (Lipinski definition) is 0. The third kappa shape index (κ3) is 3.63. The van der Waals surface area contributed by atoms with Gasteiger partial charge in [0.2, 0.25) is 0 Å². The van der Waals surface area contributed by atoms with Crippen molar-refractivity contribution in [3.05, 3.63) is 20.8 Å². The lowest BCUT2D eigenvalue weighted by Gasteiger charge is -2.25. The second-order valence-corrected chi connectivity index (χ2v) is 6.90. The van der Waals surface area contributed by atoms with E-state index in [1.54, 1.807) is 11.3 Å². The predicted octanol–water partition coefficient (Wildman–Crippen LogP) is 2.26. The van der Waals surface area contributed by atoms with E-state index >= 15 is 0 Å². The van der Waals surface area contributed by atoms with Gasteiger partial charge in [-0.15, -0.1) is 11.3 Å². The van der Waals surface area contributed by atoms with Crippen molar-refractivity contribution in [1.82, 2.24) is 9.80 Å². The molecule has 0 N–H and O–H groups in total. The predicted molar refractivity (Wildman–Crippen MR) is 79.3 cm³/mol. The molecule has 1 atom stereocenters. The highest BCUT2D eigenvalue weighted by atomic mass is 79.9. The topological polar surface area (TPSA) is 23.6 Å². The Balaban J connectivity index is 2.02. The molecule has 1 aromatic heterocycles. The van der Waals surface area contributed by atoms with E-state index in [1.807, 2.05) is 11.4 Å². The van der Waals surface area contributed by atoms with E-state index < -0.39 is 0 Å². The lowest BCUT2D eigenvalue weighted by atomic mass is 10.1. The van der Waals surface area contributed by atoms with Gasteiger partial charge in [-0.05, 0) is 55.6 Å². The van der Waals surface area contributed by atoms with Gasteiger partial charge < -0.3 is 4.90 Å². The molecule has 18 heavy (non-hydrogen) atoms. The van der Waals surface area contributed by atoms with Gasteiger partial charge in [0.1, 0.15) is 0 Å². The summed E-state index contributed by atoms with van der Waals surface area (Å²) in [4.78, 5) is 18.0. The van der Waals surface area contributed by atoms with Crippen molar-refractivity contribution in [2.75, 3.05) is 33.7 Å². The number of nitrogens with zero attached hydrogens (tertiary/aromatic N) is 2. The van der Waals surface area contributed by atoms with Gasteiger partial charge in [0.05, 0.1) is 6.04 Å². The number of rotatable bonds is 3. The van der Waals surface area contributed by atoms with E-state index in [-0.39, 0.29) is 6.04 Å². The molecule has 1 aromatic rings. The highest BCUT2D eigenvalue weighted by Crippen LogP contribution is 2.21. The van der Waals surface area contributed by atoms with Crippen LogP contribution in [0.2, 0.25) is 0 Å². The van der Waals surface area contributed by atoms with Crippen LogP contribution in [0, 0.1) is 0 Å². The highest BCUT2D eigenvalue weighted by Gasteiger charge is 2.26.